The van der Waals surface area contributed by atoms with Gasteiger partial charge in [0.05, 0.1) is 0 Å². The van der Waals surface area contributed by atoms with Crippen LogP contribution in [0, 0.1) is 5.92 Å². The number of thioether (sulfide) groups is 1. The summed E-state index contributed by atoms with van der Waals surface area (Å²) in [6.07, 6.45) is 3.92. The third-order valence-corrected chi connectivity index (χ3v) is 4.57. The molecule has 4 heteroatoms. The number of nitrogens with two attached hydrogens (primary N) is 1. The van der Waals surface area contributed by atoms with Gasteiger partial charge in [-0.2, -0.15) is 11.8 Å². The van der Waals surface area contributed by atoms with Crippen molar-refractivity contribution in [1.29, 1.82) is 0 Å². The van der Waals surface area contributed by atoms with Crippen LogP contribution in [0.5, 0.6) is 0 Å². The highest BCUT2D eigenvalue weighted by Gasteiger charge is 2.33. The molecule has 1 rings (SSSR count). The van der Waals surface area contributed by atoms with Crippen molar-refractivity contribution in [3.63, 3.8) is 0 Å². The monoisotopic (exact) mass is 217 g/mol. The van der Waals surface area contributed by atoms with Crippen LogP contribution in [0.1, 0.15) is 33.1 Å². The number of aliphatic carboxylic acids is 1. The van der Waals surface area contributed by atoms with Gasteiger partial charge in [-0.25, -0.2) is 0 Å². The maximum atomic E-state index is 10.7. The Morgan fingerprint density at radius 3 is 2.57 bits per heavy atom. The van der Waals surface area contributed by atoms with Crippen molar-refractivity contribution < 1.29 is 9.90 Å². The van der Waals surface area contributed by atoms with Gasteiger partial charge in [0, 0.05) is 4.75 Å². The first-order valence-corrected chi connectivity index (χ1v) is 6.04. The smallest absolute Gasteiger partial charge is 0.321 e. The first kappa shape index (κ1) is 11.9. The minimum atomic E-state index is -0.906. The van der Waals surface area contributed by atoms with Gasteiger partial charge in [0.25, 0.3) is 0 Å². The van der Waals surface area contributed by atoms with Crippen molar-refractivity contribution in [3.8, 4) is 0 Å². The van der Waals surface area contributed by atoms with Crippen molar-refractivity contribution in [2.45, 2.75) is 43.9 Å². The van der Waals surface area contributed by atoms with Crippen molar-refractivity contribution in [2.24, 2.45) is 11.7 Å². The van der Waals surface area contributed by atoms with Crippen LogP contribution < -0.4 is 5.73 Å². The number of hydrogen-bond donors (Lipinski definition) is 2. The van der Waals surface area contributed by atoms with E-state index in [-0.39, 0.29) is 4.75 Å². The second kappa shape index (κ2) is 4.53. The molecule has 0 spiro atoms. The predicted octanol–water partition coefficient (Wildman–Crippen LogP) is 1.71. The lowest BCUT2D eigenvalue weighted by Gasteiger charge is -2.32. The van der Waals surface area contributed by atoms with Crippen LogP contribution in [0.2, 0.25) is 0 Å². The summed E-state index contributed by atoms with van der Waals surface area (Å²) in [6.45, 7) is 3.82. The number of rotatable bonds is 5. The predicted molar refractivity (Wildman–Crippen MR) is 59.5 cm³/mol. The molecule has 3 N–H and O–H groups in total. The van der Waals surface area contributed by atoms with Gasteiger partial charge in [0.2, 0.25) is 0 Å². The van der Waals surface area contributed by atoms with Crippen molar-refractivity contribution in [3.05, 3.63) is 0 Å². The van der Waals surface area contributed by atoms with Crippen LogP contribution in [0.4, 0.5) is 0 Å². The Kier molecular flexibility index (Phi) is 3.84. The van der Waals surface area contributed by atoms with E-state index in [1.165, 1.54) is 19.3 Å². The molecule has 1 saturated carbocycles. The molecule has 0 aliphatic heterocycles. The fourth-order valence-corrected chi connectivity index (χ4v) is 2.66. The molecule has 0 saturated heterocycles. The Morgan fingerprint density at radius 2 is 2.21 bits per heavy atom. The average molecular weight is 217 g/mol. The lowest BCUT2D eigenvalue weighted by Crippen LogP contribution is -2.47. The summed E-state index contributed by atoms with van der Waals surface area (Å²) in [7, 11) is 0. The zero-order chi connectivity index (χ0) is 10.8. The second-order valence-corrected chi connectivity index (χ2v) is 6.20. The van der Waals surface area contributed by atoms with Crippen molar-refractivity contribution in [2.75, 3.05) is 5.75 Å². The standard InChI is InChI=1S/C10H19NO2S/c1-10(2,8(11)9(12)13)14-6-7-4-3-5-7/h7-8H,3-6,11H2,1-2H3,(H,12,13)/t8-/m0/s1. The molecule has 82 valence electrons. The van der Waals surface area contributed by atoms with Gasteiger partial charge in [-0.15, -0.1) is 0 Å². The zero-order valence-electron chi connectivity index (χ0n) is 8.82. The molecular formula is C10H19NO2S. The summed E-state index contributed by atoms with van der Waals surface area (Å²) in [6, 6.07) is -0.771. The molecular weight excluding hydrogens is 198 g/mol. The number of carboxylic acids is 1. The Labute approximate surface area is 89.4 Å². The molecule has 3 nitrogen and oxygen atoms in total. The van der Waals surface area contributed by atoms with Crippen LogP contribution >= 0.6 is 11.8 Å². The van der Waals surface area contributed by atoms with Crippen LogP contribution in [0.3, 0.4) is 0 Å². The molecule has 0 bridgehead atoms. The highest BCUT2D eigenvalue weighted by molar-refractivity contribution is 8.00. The number of carbonyl (C=O) groups is 1. The molecule has 1 aliphatic rings. The maximum Gasteiger partial charge on any atom is 0.321 e. The summed E-state index contributed by atoms with van der Waals surface area (Å²) in [5, 5.41) is 8.82. The third-order valence-electron chi connectivity index (χ3n) is 2.93. The summed E-state index contributed by atoms with van der Waals surface area (Å²) >= 11 is 1.69. The maximum absolute atomic E-state index is 10.7. The van der Waals surface area contributed by atoms with Crippen LogP contribution in [-0.4, -0.2) is 27.6 Å². The van der Waals surface area contributed by atoms with Crippen molar-refractivity contribution in [1.82, 2.24) is 0 Å². The van der Waals surface area contributed by atoms with Crippen molar-refractivity contribution >= 4 is 17.7 Å². The quantitative estimate of drug-likeness (QED) is 0.736. The van der Waals surface area contributed by atoms with E-state index in [2.05, 4.69) is 0 Å². The highest BCUT2D eigenvalue weighted by atomic mass is 32.2. The Morgan fingerprint density at radius 1 is 1.64 bits per heavy atom. The van der Waals surface area contributed by atoms with E-state index >= 15 is 0 Å². The van der Waals surface area contributed by atoms with Crippen LogP contribution in [0.25, 0.3) is 0 Å². The molecule has 14 heavy (non-hydrogen) atoms. The summed E-state index contributed by atoms with van der Waals surface area (Å²) < 4.78 is -0.360. The molecule has 0 radical (unpaired) electrons. The second-order valence-electron chi connectivity index (χ2n) is 4.53. The fraction of sp³-hybridized carbons (Fsp3) is 0.900. The van der Waals surface area contributed by atoms with E-state index in [0.717, 1.165) is 11.7 Å². The molecule has 1 atom stereocenters. The Hall–Kier alpha value is -0.220. The highest BCUT2D eigenvalue weighted by Crippen LogP contribution is 2.35. The van der Waals surface area contributed by atoms with E-state index in [1.54, 1.807) is 11.8 Å². The summed E-state index contributed by atoms with van der Waals surface area (Å²) in [4.78, 5) is 10.7. The number of carboxylic acid groups (broad SMARTS) is 1. The molecule has 1 fully saturated rings. The van der Waals surface area contributed by atoms with E-state index in [9.17, 15) is 4.79 Å². The fourth-order valence-electron chi connectivity index (χ4n) is 1.38. The Balaban J connectivity index is 2.35. The molecule has 0 heterocycles. The molecule has 0 amide bonds. The van der Waals surface area contributed by atoms with E-state index in [1.807, 2.05) is 13.8 Å². The summed E-state index contributed by atoms with van der Waals surface area (Å²) in [5.41, 5.74) is 5.62. The molecule has 0 unspecified atom stereocenters. The Bertz CT molecular complexity index is 214. The van der Waals surface area contributed by atoms with Gasteiger partial charge in [-0.1, -0.05) is 6.42 Å². The van der Waals surface area contributed by atoms with Crippen LogP contribution in [-0.2, 0) is 4.79 Å². The van der Waals surface area contributed by atoms with Gasteiger partial charge in [0.1, 0.15) is 6.04 Å². The molecule has 0 aromatic rings. The molecule has 1 aliphatic carbocycles. The molecule has 0 aromatic heterocycles. The van der Waals surface area contributed by atoms with E-state index in [4.69, 9.17) is 10.8 Å². The lowest BCUT2D eigenvalue weighted by molar-refractivity contribution is -0.139. The topological polar surface area (TPSA) is 63.3 Å². The summed E-state index contributed by atoms with van der Waals surface area (Å²) in [5.74, 6) is 0.935. The minimum Gasteiger partial charge on any atom is -0.480 e. The minimum absolute atomic E-state index is 0.360. The largest absolute Gasteiger partial charge is 0.480 e. The van der Waals surface area contributed by atoms with Gasteiger partial charge in [-0.3, -0.25) is 4.79 Å². The van der Waals surface area contributed by atoms with Gasteiger partial charge < -0.3 is 10.8 Å². The van der Waals surface area contributed by atoms with Gasteiger partial charge in [-0.05, 0) is 38.4 Å². The zero-order valence-corrected chi connectivity index (χ0v) is 9.64. The first-order valence-electron chi connectivity index (χ1n) is 5.06. The molecule has 0 aromatic carbocycles. The SMILES string of the molecule is CC(C)(SCC1CCC1)[C@@H](N)C(=O)O. The van der Waals surface area contributed by atoms with Gasteiger partial charge in [0.15, 0.2) is 0 Å². The van der Waals surface area contributed by atoms with E-state index < -0.39 is 12.0 Å². The van der Waals surface area contributed by atoms with E-state index in [0.29, 0.717) is 0 Å². The first-order chi connectivity index (χ1) is 6.43. The normalized spacial score (nSPS) is 20.2. The number of hydrogen-bond acceptors (Lipinski definition) is 3. The van der Waals surface area contributed by atoms with Crippen LogP contribution in [0.15, 0.2) is 0 Å². The van der Waals surface area contributed by atoms with Gasteiger partial charge >= 0.3 is 5.97 Å². The lowest BCUT2D eigenvalue weighted by atomic mass is 9.87. The average Bonchev–Trinajstić information content (AvgIpc) is 1.99. The third kappa shape index (κ3) is 2.89.